The number of rotatable bonds is 5. The number of hydrogen-bond donors (Lipinski definition) is 0. The summed E-state index contributed by atoms with van der Waals surface area (Å²) in [4.78, 5) is -0.580. The molecule has 1 aromatic carbocycles. The van der Waals surface area contributed by atoms with Crippen molar-refractivity contribution in [2.24, 2.45) is 0 Å². The molecule has 1 rings (SSSR count). The smallest absolute Gasteiger partial charge is 0.207 e. The highest BCUT2D eigenvalue weighted by Gasteiger charge is 2.26. The van der Waals surface area contributed by atoms with Crippen molar-refractivity contribution in [1.29, 1.82) is 5.26 Å². The molecule has 0 aliphatic heterocycles. The van der Waals surface area contributed by atoms with Gasteiger partial charge in [0.2, 0.25) is 10.0 Å². The van der Waals surface area contributed by atoms with E-state index in [2.05, 4.69) is 0 Å². The lowest BCUT2D eigenvalue weighted by atomic mass is 10.3. The predicted molar refractivity (Wildman–Crippen MR) is 61.0 cm³/mol. The van der Waals surface area contributed by atoms with Crippen LogP contribution in [0.4, 0.5) is 8.78 Å². The summed E-state index contributed by atoms with van der Waals surface area (Å²) in [5, 5.41) is 8.44. The number of halogens is 2. The van der Waals surface area contributed by atoms with Gasteiger partial charge in [0, 0.05) is 25.6 Å². The van der Waals surface area contributed by atoms with E-state index in [4.69, 9.17) is 5.26 Å². The zero-order valence-corrected chi connectivity index (χ0v) is 10.5. The quantitative estimate of drug-likeness (QED) is 0.823. The first kappa shape index (κ1) is 14.5. The summed E-state index contributed by atoms with van der Waals surface area (Å²) in [6.45, 7) is 1.67. The first-order valence-corrected chi connectivity index (χ1v) is 6.69. The van der Waals surface area contributed by atoms with Crippen LogP contribution in [0.2, 0.25) is 0 Å². The molecule has 0 aromatic heterocycles. The molecule has 0 radical (unpaired) electrons. The van der Waals surface area contributed by atoms with Gasteiger partial charge < -0.3 is 0 Å². The molecule has 0 bridgehead atoms. The Morgan fingerprint density at radius 1 is 1.39 bits per heavy atom. The fourth-order valence-electron chi connectivity index (χ4n) is 1.45. The van der Waals surface area contributed by atoms with Gasteiger partial charge in [0.05, 0.1) is 6.07 Å². The second-order valence-corrected chi connectivity index (χ2v) is 5.39. The van der Waals surface area contributed by atoms with E-state index >= 15 is 0 Å². The molecule has 0 amide bonds. The van der Waals surface area contributed by atoms with Crippen LogP contribution < -0.4 is 0 Å². The minimum atomic E-state index is -4.03. The fourth-order valence-corrected chi connectivity index (χ4v) is 2.94. The highest BCUT2D eigenvalue weighted by Crippen LogP contribution is 2.20. The molecule has 98 valence electrons. The van der Waals surface area contributed by atoms with E-state index < -0.39 is 26.6 Å². The van der Waals surface area contributed by atoms with Gasteiger partial charge in [-0.2, -0.15) is 9.57 Å². The standard InChI is InChI=1S/C11H12F2N2O2S/c1-2-15(7-3-6-14)18(16,17)11-5-4-9(12)8-10(11)13/h4-5,8H,2-3,7H2,1H3. The monoisotopic (exact) mass is 274 g/mol. The maximum Gasteiger partial charge on any atom is 0.246 e. The number of nitrogens with zero attached hydrogens (tertiary/aromatic N) is 2. The van der Waals surface area contributed by atoms with Crippen LogP contribution >= 0.6 is 0 Å². The molecule has 7 heteroatoms. The third-order valence-electron chi connectivity index (χ3n) is 2.34. The highest BCUT2D eigenvalue weighted by atomic mass is 32.2. The minimum Gasteiger partial charge on any atom is -0.207 e. The Kier molecular flexibility index (Phi) is 4.76. The topological polar surface area (TPSA) is 61.2 Å². The van der Waals surface area contributed by atoms with E-state index in [9.17, 15) is 17.2 Å². The van der Waals surface area contributed by atoms with Gasteiger partial charge in [0.25, 0.3) is 0 Å². The van der Waals surface area contributed by atoms with Crippen LogP contribution in [0, 0.1) is 23.0 Å². The van der Waals surface area contributed by atoms with Gasteiger partial charge in [-0.3, -0.25) is 0 Å². The Bertz CT molecular complexity index is 567. The Morgan fingerprint density at radius 2 is 2.06 bits per heavy atom. The Hall–Kier alpha value is -1.52. The fraction of sp³-hybridized carbons (Fsp3) is 0.364. The van der Waals surface area contributed by atoms with Crippen LogP contribution in [0.15, 0.2) is 23.1 Å². The van der Waals surface area contributed by atoms with Gasteiger partial charge in [-0.1, -0.05) is 6.92 Å². The molecule has 0 atom stereocenters. The van der Waals surface area contributed by atoms with Crippen molar-refractivity contribution in [3.63, 3.8) is 0 Å². The van der Waals surface area contributed by atoms with Gasteiger partial charge in [0.15, 0.2) is 0 Å². The normalized spacial score (nSPS) is 11.5. The molecular weight excluding hydrogens is 262 g/mol. The van der Waals surface area contributed by atoms with Crippen molar-refractivity contribution in [3.05, 3.63) is 29.8 Å². The number of benzene rings is 1. The zero-order valence-electron chi connectivity index (χ0n) is 9.73. The highest BCUT2D eigenvalue weighted by molar-refractivity contribution is 7.89. The lowest BCUT2D eigenvalue weighted by molar-refractivity contribution is 0.429. The molecule has 0 N–H and O–H groups in total. The van der Waals surface area contributed by atoms with Crippen molar-refractivity contribution < 1.29 is 17.2 Å². The van der Waals surface area contributed by atoms with Crippen LogP contribution in [0.25, 0.3) is 0 Å². The molecule has 0 aliphatic carbocycles. The Labute approximate surface area is 105 Å². The molecule has 0 fully saturated rings. The van der Waals surface area contributed by atoms with Gasteiger partial charge in [-0.15, -0.1) is 0 Å². The van der Waals surface area contributed by atoms with Gasteiger partial charge >= 0.3 is 0 Å². The minimum absolute atomic E-state index is 0.00981. The van der Waals surface area contributed by atoms with Crippen LogP contribution in [0.5, 0.6) is 0 Å². The Balaban J connectivity index is 3.15. The summed E-state index contributed by atoms with van der Waals surface area (Å²) in [7, 11) is -4.03. The zero-order chi connectivity index (χ0) is 13.8. The van der Waals surface area contributed by atoms with E-state index in [1.165, 1.54) is 0 Å². The van der Waals surface area contributed by atoms with Crippen LogP contribution in [0.1, 0.15) is 13.3 Å². The molecule has 0 spiro atoms. The second kappa shape index (κ2) is 5.89. The van der Waals surface area contributed by atoms with Gasteiger partial charge in [-0.25, -0.2) is 17.2 Å². The van der Waals surface area contributed by atoms with Gasteiger partial charge in [-0.05, 0) is 12.1 Å². The number of sulfonamides is 1. The predicted octanol–water partition coefficient (Wildman–Crippen LogP) is 1.89. The molecule has 4 nitrogen and oxygen atoms in total. The molecular formula is C11H12F2N2O2S. The van der Waals surface area contributed by atoms with Crippen molar-refractivity contribution >= 4 is 10.0 Å². The second-order valence-electron chi connectivity index (χ2n) is 3.48. The lowest BCUT2D eigenvalue weighted by Gasteiger charge is -2.19. The van der Waals surface area contributed by atoms with E-state index in [1.54, 1.807) is 6.92 Å². The molecule has 0 heterocycles. The van der Waals surface area contributed by atoms with Crippen molar-refractivity contribution in [3.8, 4) is 6.07 Å². The maximum absolute atomic E-state index is 13.5. The SMILES string of the molecule is CCN(CCC#N)S(=O)(=O)c1ccc(F)cc1F. The van der Waals surface area contributed by atoms with E-state index in [0.29, 0.717) is 6.07 Å². The number of hydrogen-bond acceptors (Lipinski definition) is 3. The largest absolute Gasteiger partial charge is 0.246 e. The third kappa shape index (κ3) is 3.03. The summed E-state index contributed by atoms with van der Waals surface area (Å²) in [6.07, 6.45) is 0.00981. The Morgan fingerprint density at radius 3 is 2.56 bits per heavy atom. The molecule has 0 saturated carbocycles. The summed E-state index contributed by atoms with van der Waals surface area (Å²) < 4.78 is 51.3. The molecule has 0 saturated heterocycles. The first-order valence-electron chi connectivity index (χ1n) is 5.25. The first-order chi connectivity index (χ1) is 8.43. The average Bonchev–Trinajstić information content (AvgIpc) is 2.29. The molecule has 18 heavy (non-hydrogen) atoms. The third-order valence-corrected chi connectivity index (χ3v) is 4.34. The summed E-state index contributed by atoms with van der Waals surface area (Å²) >= 11 is 0. The van der Waals surface area contributed by atoms with E-state index in [-0.39, 0.29) is 19.5 Å². The maximum atomic E-state index is 13.5. The summed E-state index contributed by atoms with van der Waals surface area (Å²) in [5.41, 5.74) is 0. The van der Waals surface area contributed by atoms with Crippen LogP contribution in [0.3, 0.4) is 0 Å². The molecule has 1 aromatic rings. The van der Waals surface area contributed by atoms with Crippen molar-refractivity contribution in [2.75, 3.05) is 13.1 Å². The molecule has 0 unspecified atom stereocenters. The average molecular weight is 274 g/mol. The van der Waals surface area contributed by atoms with Crippen LogP contribution in [-0.4, -0.2) is 25.8 Å². The van der Waals surface area contributed by atoms with E-state index in [0.717, 1.165) is 16.4 Å². The molecule has 0 aliphatic rings. The van der Waals surface area contributed by atoms with Crippen LogP contribution in [-0.2, 0) is 10.0 Å². The summed E-state index contributed by atoms with van der Waals surface area (Å²) in [5.74, 6) is -1.98. The van der Waals surface area contributed by atoms with Crippen molar-refractivity contribution in [1.82, 2.24) is 4.31 Å². The van der Waals surface area contributed by atoms with Gasteiger partial charge in [0.1, 0.15) is 16.5 Å². The number of nitriles is 1. The summed E-state index contributed by atoms with van der Waals surface area (Å²) in [6, 6.07) is 4.11. The van der Waals surface area contributed by atoms with E-state index in [1.807, 2.05) is 6.07 Å². The lowest BCUT2D eigenvalue weighted by Crippen LogP contribution is -2.32. The van der Waals surface area contributed by atoms with Crippen molar-refractivity contribution in [2.45, 2.75) is 18.2 Å².